The van der Waals surface area contributed by atoms with Crippen molar-refractivity contribution in [3.63, 3.8) is 0 Å². The first kappa shape index (κ1) is 50.7. The average molecular weight is 896 g/mol. The molecule has 1 heterocycles. The Morgan fingerprint density at radius 1 is 0.694 bits per heavy atom. The second-order valence-electron chi connectivity index (χ2n) is 17.1. The molecule has 0 spiro atoms. The van der Waals surface area contributed by atoms with E-state index in [-0.39, 0.29) is 30.8 Å². The fraction of sp³-hybridized carbons (Fsp3) is 0.512. The molecule has 3 aromatic rings. The minimum atomic E-state index is -4.65. The quantitative estimate of drug-likeness (QED) is 0.113. The summed E-state index contributed by atoms with van der Waals surface area (Å²) in [6, 6.07) is 9.01. The van der Waals surface area contributed by atoms with Gasteiger partial charge in [0.05, 0.1) is 28.7 Å². The number of carbonyl (C=O) groups excluding carboxylic acids is 5. The summed E-state index contributed by atoms with van der Waals surface area (Å²) in [5.41, 5.74) is -2.76. The maximum absolute atomic E-state index is 14.2. The van der Waals surface area contributed by atoms with Crippen LogP contribution in [0.2, 0.25) is 0 Å². The van der Waals surface area contributed by atoms with E-state index in [1.807, 2.05) is 0 Å². The van der Waals surface area contributed by atoms with Gasteiger partial charge in [0.1, 0.15) is 28.9 Å². The molecule has 3 rings (SSSR count). The van der Waals surface area contributed by atoms with Crippen molar-refractivity contribution < 1.29 is 59.8 Å². The molecule has 342 valence electrons. The number of hydrogen-bond donors (Lipinski definition) is 5. The molecule has 0 aliphatic heterocycles. The van der Waals surface area contributed by atoms with Gasteiger partial charge in [0.15, 0.2) is 0 Å². The maximum atomic E-state index is 14.2. The third-order valence-corrected chi connectivity index (χ3v) is 9.96. The summed E-state index contributed by atoms with van der Waals surface area (Å²) in [5, 5.41) is 12.9. The minimum Gasteiger partial charge on any atom is -0.444 e. The number of amides is 5. The van der Waals surface area contributed by atoms with Gasteiger partial charge in [0.2, 0.25) is 21.8 Å². The SMILES string of the molecule is CC(C)(C)OC(=O)NCCN(CCNC(=O)OC(C)(C)C)S(=O)(=O)CC(NC(=O)OC(C)(C)C)C(=O)NC(Cc1ccc(C(F)(F)F)cc1)C(=O)Nc1cnc2ccccc2c1. The van der Waals surface area contributed by atoms with Crippen molar-refractivity contribution in [3.8, 4) is 0 Å². The molecule has 0 saturated carbocycles. The Labute approximate surface area is 359 Å². The molecule has 2 aromatic carbocycles. The molecular formula is C41H56F3N7O10S. The Balaban J connectivity index is 1.97. The molecule has 21 heteroatoms. The Kier molecular flexibility index (Phi) is 17.1. The normalized spacial score (nSPS) is 13.4. The molecule has 5 N–H and O–H groups in total. The zero-order valence-electron chi connectivity index (χ0n) is 36.2. The lowest BCUT2D eigenvalue weighted by Gasteiger charge is -2.28. The molecule has 0 fully saturated rings. The van der Waals surface area contributed by atoms with Gasteiger partial charge >= 0.3 is 24.5 Å². The summed E-state index contributed by atoms with van der Waals surface area (Å²) in [7, 11) is -4.62. The van der Waals surface area contributed by atoms with Crippen molar-refractivity contribution in [2.75, 3.05) is 37.2 Å². The Morgan fingerprint density at radius 2 is 1.21 bits per heavy atom. The lowest BCUT2D eigenvalue weighted by atomic mass is 10.0. The number of alkyl halides is 3. The van der Waals surface area contributed by atoms with Gasteiger partial charge in [0.25, 0.3) is 0 Å². The largest absolute Gasteiger partial charge is 0.444 e. The van der Waals surface area contributed by atoms with Crippen molar-refractivity contribution in [1.29, 1.82) is 0 Å². The number of pyridine rings is 1. The zero-order chi connectivity index (χ0) is 46.7. The van der Waals surface area contributed by atoms with Crippen LogP contribution >= 0.6 is 0 Å². The highest BCUT2D eigenvalue weighted by atomic mass is 32.2. The number of rotatable bonds is 16. The number of carbonyl (C=O) groups is 5. The first-order valence-electron chi connectivity index (χ1n) is 19.5. The van der Waals surface area contributed by atoms with Crippen LogP contribution in [-0.4, -0.2) is 109 Å². The summed E-state index contributed by atoms with van der Waals surface area (Å²) in [5.74, 6) is -3.15. The second-order valence-corrected chi connectivity index (χ2v) is 19.1. The van der Waals surface area contributed by atoms with Crippen LogP contribution in [0.1, 0.15) is 73.4 Å². The molecule has 0 bridgehead atoms. The number of aromatic nitrogens is 1. The van der Waals surface area contributed by atoms with Crippen LogP contribution in [0.4, 0.5) is 33.2 Å². The highest BCUT2D eigenvalue weighted by molar-refractivity contribution is 7.89. The lowest BCUT2D eigenvalue weighted by molar-refractivity contribution is -0.137. The van der Waals surface area contributed by atoms with Gasteiger partial charge in [-0.15, -0.1) is 0 Å². The third-order valence-electron chi connectivity index (χ3n) is 8.05. The van der Waals surface area contributed by atoms with Crippen LogP contribution in [0, 0.1) is 0 Å². The van der Waals surface area contributed by atoms with E-state index in [2.05, 4.69) is 31.6 Å². The number of halogens is 3. The Morgan fingerprint density at radius 3 is 1.73 bits per heavy atom. The number of alkyl carbamates (subject to hydrolysis) is 3. The molecule has 5 amide bonds. The lowest BCUT2D eigenvalue weighted by Crippen LogP contribution is -2.57. The van der Waals surface area contributed by atoms with Gasteiger partial charge in [-0.05, 0) is 92.1 Å². The van der Waals surface area contributed by atoms with E-state index in [9.17, 15) is 45.6 Å². The van der Waals surface area contributed by atoms with Crippen LogP contribution in [0.25, 0.3) is 10.9 Å². The van der Waals surface area contributed by atoms with Crippen LogP contribution in [0.3, 0.4) is 0 Å². The number of nitrogens with one attached hydrogen (secondary N) is 5. The van der Waals surface area contributed by atoms with Gasteiger partial charge in [0, 0.05) is 38.0 Å². The molecule has 1 aromatic heterocycles. The summed E-state index contributed by atoms with van der Waals surface area (Å²) >= 11 is 0. The number of fused-ring (bicyclic) bond motifs is 1. The Hall–Kier alpha value is -5.70. The number of sulfonamides is 1. The van der Waals surface area contributed by atoms with Crippen LogP contribution < -0.4 is 26.6 Å². The Bertz CT molecular complexity index is 2120. The molecule has 0 saturated heterocycles. The van der Waals surface area contributed by atoms with Gasteiger partial charge in [-0.2, -0.15) is 17.5 Å². The summed E-state index contributed by atoms with van der Waals surface area (Å²) < 4.78 is 85.1. The molecule has 0 radical (unpaired) electrons. The van der Waals surface area contributed by atoms with Crippen molar-refractivity contribution in [2.45, 2.75) is 104 Å². The predicted molar refractivity (Wildman–Crippen MR) is 224 cm³/mol. The fourth-order valence-corrected chi connectivity index (χ4v) is 7.05. The summed E-state index contributed by atoms with van der Waals surface area (Å²) in [4.78, 5) is 70.2. The van der Waals surface area contributed by atoms with Crippen LogP contribution in [0.15, 0.2) is 60.8 Å². The fourth-order valence-electron chi connectivity index (χ4n) is 5.45. The third kappa shape index (κ3) is 18.1. The molecule has 0 aliphatic rings. The maximum Gasteiger partial charge on any atom is 0.416 e. The highest BCUT2D eigenvalue weighted by Gasteiger charge is 2.36. The van der Waals surface area contributed by atoms with Gasteiger partial charge in [-0.3, -0.25) is 14.6 Å². The minimum absolute atomic E-state index is 0.195. The molecule has 62 heavy (non-hydrogen) atoms. The van der Waals surface area contributed by atoms with Crippen molar-refractivity contribution in [1.82, 2.24) is 30.6 Å². The number of hydrogen-bond acceptors (Lipinski definition) is 11. The van der Waals surface area contributed by atoms with E-state index in [0.717, 1.165) is 28.6 Å². The molecule has 0 aliphatic carbocycles. The number of nitrogens with zero attached hydrogens (tertiary/aromatic N) is 2. The van der Waals surface area contributed by atoms with E-state index in [4.69, 9.17) is 14.2 Å². The van der Waals surface area contributed by atoms with E-state index in [0.29, 0.717) is 10.9 Å². The number of ether oxygens (including phenoxy) is 3. The number of para-hydroxylation sites is 1. The number of anilines is 1. The van der Waals surface area contributed by atoms with Crippen molar-refractivity contribution >= 4 is 56.7 Å². The smallest absolute Gasteiger partial charge is 0.416 e. The summed E-state index contributed by atoms with van der Waals surface area (Å²) in [6.45, 7) is 13.0. The van der Waals surface area contributed by atoms with Crippen LogP contribution in [0.5, 0.6) is 0 Å². The second kappa shape index (κ2) is 20.9. The average Bonchev–Trinajstić information content (AvgIpc) is 3.11. The predicted octanol–water partition coefficient (Wildman–Crippen LogP) is 5.49. The van der Waals surface area contributed by atoms with Crippen LogP contribution in [-0.2, 0) is 46.4 Å². The van der Waals surface area contributed by atoms with E-state index in [1.54, 1.807) is 71.9 Å². The summed E-state index contributed by atoms with van der Waals surface area (Å²) in [6.07, 6.45) is -6.54. The van der Waals surface area contributed by atoms with E-state index >= 15 is 0 Å². The molecule has 2 unspecified atom stereocenters. The standard InChI is InChI=1S/C41H56F3N7O10S/c1-38(2,3)59-35(54)45-18-20-51(21-19-46-36(55)60-39(4,5)6)62(57,58)25-32(50-37(56)61-40(7,8)9)34(53)49-31(22-26-14-16-28(17-15-26)41(42,43)44)33(52)48-29-23-27-12-10-11-13-30(27)47-24-29/h10-17,23-24,31-32H,18-22,25H2,1-9H3,(H,45,54)(H,46,55)(H,48,52)(H,49,53)(H,50,56). The van der Waals surface area contributed by atoms with E-state index < -0.39 is 99.6 Å². The van der Waals surface area contributed by atoms with Gasteiger partial charge in [-0.1, -0.05) is 30.3 Å². The number of benzene rings is 2. The monoisotopic (exact) mass is 895 g/mol. The van der Waals surface area contributed by atoms with Crippen molar-refractivity contribution in [3.05, 3.63) is 71.9 Å². The van der Waals surface area contributed by atoms with Gasteiger partial charge < -0.3 is 40.8 Å². The van der Waals surface area contributed by atoms with Gasteiger partial charge in [-0.25, -0.2) is 22.8 Å². The highest BCUT2D eigenvalue weighted by Crippen LogP contribution is 2.29. The topological polar surface area (TPSA) is 223 Å². The first-order chi connectivity index (χ1) is 28.5. The molecular weight excluding hydrogens is 840 g/mol. The zero-order valence-corrected chi connectivity index (χ0v) is 37.0. The van der Waals surface area contributed by atoms with Crippen molar-refractivity contribution in [2.24, 2.45) is 0 Å². The molecule has 2 atom stereocenters. The first-order valence-corrected chi connectivity index (χ1v) is 21.1. The molecule has 17 nitrogen and oxygen atoms in total. The van der Waals surface area contributed by atoms with E-state index in [1.165, 1.54) is 27.0 Å².